The maximum Gasteiger partial charge on any atom is 0.305 e. The van der Waals surface area contributed by atoms with E-state index in [4.69, 9.17) is 5.11 Å². The van der Waals surface area contributed by atoms with Gasteiger partial charge in [0.25, 0.3) is 5.91 Å². The maximum atomic E-state index is 12.4. The van der Waals surface area contributed by atoms with E-state index >= 15 is 0 Å². The Morgan fingerprint density at radius 3 is 2.79 bits per heavy atom. The summed E-state index contributed by atoms with van der Waals surface area (Å²) in [5, 5.41) is 15.1. The van der Waals surface area contributed by atoms with E-state index in [1.165, 1.54) is 11.1 Å². The van der Waals surface area contributed by atoms with E-state index in [1.54, 1.807) is 6.07 Å². The normalized spacial score (nSPS) is 22.1. The van der Waals surface area contributed by atoms with Gasteiger partial charge in [-0.25, -0.2) is 0 Å². The Morgan fingerprint density at radius 2 is 2.00 bits per heavy atom. The highest BCUT2D eigenvalue weighted by Crippen LogP contribution is 2.50. The van der Waals surface area contributed by atoms with Gasteiger partial charge in [0.1, 0.15) is 0 Å². The van der Waals surface area contributed by atoms with Crippen LogP contribution in [0.25, 0.3) is 0 Å². The standard InChI is InChI=1S/C23H24N2O3/c1-14-5-2-3-6-16(14)22-18-8-4-7-17(18)19-13-15(9-10-20(19)25-22)23(28)24-12-11-21(26)27/h2-7,9-10,13,17-18,22,25H,8,11-12H2,1H3,(H,24,28)(H,26,27)/t17-,18+,22+/m1/s1. The molecule has 28 heavy (non-hydrogen) atoms. The van der Waals surface area contributed by atoms with Crippen molar-refractivity contribution in [2.75, 3.05) is 11.9 Å². The molecule has 0 saturated heterocycles. The summed E-state index contributed by atoms with van der Waals surface area (Å²) in [4.78, 5) is 23.0. The molecular formula is C23H24N2O3. The first kappa shape index (κ1) is 18.3. The lowest BCUT2D eigenvalue weighted by Gasteiger charge is -2.38. The van der Waals surface area contributed by atoms with E-state index in [1.807, 2.05) is 12.1 Å². The fourth-order valence-electron chi connectivity index (χ4n) is 4.36. The molecule has 3 N–H and O–H groups in total. The topological polar surface area (TPSA) is 78.4 Å². The smallest absolute Gasteiger partial charge is 0.305 e. The molecule has 0 fully saturated rings. The maximum absolute atomic E-state index is 12.4. The zero-order valence-electron chi connectivity index (χ0n) is 15.8. The van der Waals surface area contributed by atoms with Crippen molar-refractivity contribution in [1.29, 1.82) is 0 Å². The summed E-state index contributed by atoms with van der Waals surface area (Å²) in [5.74, 6) is -0.466. The van der Waals surface area contributed by atoms with E-state index in [9.17, 15) is 9.59 Å². The molecule has 0 saturated carbocycles. The first-order chi connectivity index (χ1) is 13.5. The Morgan fingerprint density at radius 1 is 1.18 bits per heavy atom. The molecule has 0 spiro atoms. The second-order valence-electron chi connectivity index (χ2n) is 7.53. The highest BCUT2D eigenvalue weighted by Gasteiger charge is 2.38. The van der Waals surface area contributed by atoms with Crippen LogP contribution < -0.4 is 10.6 Å². The summed E-state index contributed by atoms with van der Waals surface area (Å²) in [7, 11) is 0. The molecule has 144 valence electrons. The lowest BCUT2D eigenvalue weighted by Crippen LogP contribution is -2.30. The van der Waals surface area contributed by atoms with Gasteiger partial charge in [0.2, 0.25) is 0 Å². The highest BCUT2D eigenvalue weighted by atomic mass is 16.4. The number of aryl methyl sites for hydroxylation is 1. The monoisotopic (exact) mass is 376 g/mol. The number of carboxylic acids is 1. The summed E-state index contributed by atoms with van der Waals surface area (Å²) in [5.41, 5.74) is 5.36. The summed E-state index contributed by atoms with van der Waals surface area (Å²) in [6.45, 7) is 2.28. The SMILES string of the molecule is Cc1ccccc1[C@@H]1Nc2ccc(C(=O)NCCC(=O)O)cc2[C@@H]2C=CC[C@@H]21. The van der Waals surface area contributed by atoms with Crippen LogP contribution in [-0.4, -0.2) is 23.5 Å². The Kier molecular flexibility index (Phi) is 4.90. The number of carbonyl (C=O) groups excluding carboxylic acids is 1. The van der Waals surface area contributed by atoms with Crippen molar-refractivity contribution in [1.82, 2.24) is 5.32 Å². The van der Waals surface area contributed by atoms with Crippen LogP contribution in [0.3, 0.4) is 0 Å². The molecule has 2 aromatic carbocycles. The minimum Gasteiger partial charge on any atom is -0.481 e. The number of anilines is 1. The second kappa shape index (κ2) is 7.50. The zero-order chi connectivity index (χ0) is 19.7. The van der Waals surface area contributed by atoms with Crippen molar-refractivity contribution in [2.45, 2.75) is 31.7 Å². The van der Waals surface area contributed by atoms with Crippen molar-refractivity contribution in [2.24, 2.45) is 5.92 Å². The number of aliphatic carboxylic acids is 1. The number of carbonyl (C=O) groups is 2. The van der Waals surface area contributed by atoms with Gasteiger partial charge >= 0.3 is 5.97 Å². The number of fused-ring (bicyclic) bond motifs is 3. The Bertz CT molecular complexity index is 951. The van der Waals surface area contributed by atoms with Crippen molar-refractivity contribution in [3.05, 3.63) is 76.9 Å². The molecule has 0 bridgehead atoms. The molecule has 2 aliphatic rings. The second-order valence-corrected chi connectivity index (χ2v) is 7.53. The number of hydrogen-bond donors (Lipinski definition) is 3. The highest BCUT2D eigenvalue weighted by molar-refractivity contribution is 5.95. The molecule has 1 heterocycles. The molecule has 1 aliphatic heterocycles. The minimum atomic E-state index is -0.920. The molecule has 1 aliphatic carbocycles. The molecule has 0 radical (unpaired) electrons. The van der Waals surface area contributed by atoms with Crippen LogP contribution in [0.5, 0.6) is 0 Å². The Labute approximate surface area is 164 Å². The van der Waals surface area contributed by atoms with Gasteiger partial charge in [-0.15, -0.1) is 0 Å². The average Bonchev–Trinajstić information content (AvgIpc) is 3.17. The molecule has 4 rings (SSSR count). The largest absolute Gasteiger partial charge is 0.481 e. The van der Waals surface area contributed by atoms with Crippen LogP contribution in [-0.2, 0) is 4.79 Å². The van der Waals surface area contributed by atoms with E-state index in [-0.39, 0.29) is 30.8 Å². The van der Waals surface area contributed by atoms with Crippen LogP contribution in [0.2, 0.25) is 0 Å². The van der Waals surface area contributed by atoms with E-state index in [2.05, 4.69) is 54.0 Å². The molecule has 2 aromatic rings. The third-order valence-electron chi connectivity index (χ3n) is 5.77. The van der Waals surface area contributed by atoms with Crippen LogP contribution in [0.4, 0.5) is 5.69 Å². The minimum absolute atomic E-state index is 0.0796. The lowest BCUT2D eigenvalue weighted by molar-refractivity contribution is -0.136. The van der Waals surface area contributed by atoms with Gasteiger partial charge in [-0.05, 0) is 54.2 Å². The summed E-state index contributed by atoms with van der Waals surface area (Å²) in [6.07, 6.45) is 5.41. The number of carboxylic acid groups (broad SMARTS) is 1. The number of rotatable bonds is 5. The van der Waals surface area contributed by atoms with Gasteiger partial charge in [-0.1, -0.05) is 36.4 Å². The Balaban J connectivity index is 1.61. The molecule has 5 heteroatoms. The molecule has 1 amide bonds. The van der Waals surface area contributed by atoms with Crippen molar-refractivity contribution >= 4 is 17.6 Å². The van der Waals surface area contributed by atoms with Gasteiger partial charge in [0, 0.05) is 23.7 Å². The molecule has 3 atom stereocenters. The summed E-state index contributed by atoms with van der Waals surface area (Å²) in [6, 6.07) is 14.4. The predicted octanol–water partition coefficient (Wildman–Crippen LogP) is 4.03. The van der Waals surface area contributed by atoms with Gasteiger partial charge in [0.05, 0.1) is 12.5 Å². The van der Waals surface area contributed by atoms with Gasteiger partial charge < -0.3 is 15.7 Å². The van der Waals surface area contributed by atoms with Crippen LogP contribution in [0.1, 0.15) is 51.8 Å². The molecule has 5 nitrogen and oxygen atoms in total. The van der Waals surface area contributed by atoms with Crippen LogP contribution >= 0.6 is 0 Å². The number of benzene rings is 2. The lowest BCUT2D eigenvalue weighted by atomic mass is 9.76. The Hall–Kier alpha value is -3.08. The number of hydrogen-bond acceptors (Lipinski definition) is 3. The number of nitrogens with one attached hydrogen (secondary N) is 2. The number of allylic oxidation sites excluding steroid dienone is 2. The van der Waals surface area contributed by atoms with E-state index in [0.717, 1.165) is 17.7 Å². The first-order valence-electron chi connectivity index (χ1n) is 9.67. The average molecular weight is 376 g/mol. The molecular weight excluding hydrogens is 352 g/mol. The number of amides is 1. The zero-order valence-corrected chi connectivity index (χ0v) is 15.8. The van der Waals surface area contributed by atoms with Gasteiger partial charge in [0.15, 0.2) is 0 Å². The van der Waals surface area contributed by atoms with E-state index in [0.29, 0.717) is 11.5 Å². The fraction of sp³-hybridized carbons (Fsp3) is 0.304. The van der Waals surface area contributed by atoms with Crippen LogP contribution in [0.15, 0.2) is 54.6 Å². The summed E-state index contributed by atoms with van der Waals surface area (Å²) < 4.78 is 0. The van der Waals surface area contributed by atoms with Crippen molar-refractivity contribution in [3.8, 4) is 0 Å². The van der Waals surface area contributed by atoms with Crippen LogP contribution in [0, 0.1) is 12.8 Å². The van der Waals surface area contributed by atoms with Gasteiger partial charge in [-0.2, -0.15) is 0 Å². The fourth-order valence-corrected chi connectivity index (χ4v) is 4.36. The van der Waals surface area contributed by atoms with E-state index < -0.39 is 5.97 Å². The third-order valence-corrected chi connectivity index (χ3v) is 5.77. The first-order valence-corrected chi connectivity index (χ1v) is 9.67. The van der Waals surface area contributed by atoms with Crippen molar-refractivity contribution < 1.29 is 14.7 Å². The van der Waals surface area contributed by atoms with Gasteiger partial charge in [-0.3, -0.25) is 9.59 Å². The predicted molar refractivity (Wildman–Crippen MR) is 109 cm³/mol. The third kappa shape index (κ3) is 3.40. The van der Waals surface area contributed by atoms with Crippen molar-refractivity contribution in [3.63, 3.8) is 0 Å². The molecule has 0 aromatic heterocycles. The molecule has 0 unspecified atom stereocenters. The quantitative estimate of drug-likeness (QED) is 0.689. The summed E-state index contributed by atoms with van der Waals surface area (Å²) >= 11 is 0.